The first-order chi connectivity index (χ1) is 15.1. The number of aliphatic carboxylic acids is 1. The molecule has 0 bridgehead atoms. The van der Waals surface area contributed by atoms with E-state index in [1.165, 1.54) is 6.92 Å². The molecule has 2 amide bonds. The van der Waals surface area contributed by atoms with E-state index in [2.05, 4.69) is 9.50 Å². The molecule has 34 heavy (non-hydrogen) atoms. The Morgan fingerprint density at radius 3 is 2.50 bits per heavy atom. The molecule has 1 aromatic rings. The van der Waals surface area contributed by atoms with Gasteiger partial charge in [-0.05, 0) is 19.1 Å². The van der Waals surface area contributed by atoms with E-state index in [4.69, 9.17) is 4.74 Å². The van der Waals surface area contributed by atoms with Crippen molar-refractivity contribution in [2.24, 2.45) is 5.92 Å². The number of carboxylic acid groups (broad SMARTS) is 1. The average Bonchev–Trinajstić information content (AvgIpc) is 3.03. The Labute approximate surface area is 245 Å². The zero-order valence-corrected chi connectivity index (χ0v) is 24.5. The van der Waals surface area contributed by atoms with Gasteiger partial charge in [0.15, 0.2) is 6.61 Å². The van der Waals surface area contributed by atoms with Gasteiger partial charge in [0.2, 0.25) is 16.3 Å². The van der Waals surface area contributed by atoms with E-state index in [9.17, 15) is 32.5 Å². The number of carboxylic acids is 1. The molecular formula is C19H20N2Na2O9S2. The van der Waals surface area contributed by atoms with Gasteiger partial charge < -0.3 is 29.4 Å². The van der Waals surface area contributed by atoms with E-state index < -0.39 is 40.3 Å². The number of fused-ring (bicyclic) bond motifs is 1. The third kappa shape index (κ3) is 7.95. The molecule has 1 saturated heterocycles. The number of amides is 2. The first kappa shape index (κ1) is 31.4. The SMILES string of the molecule is C[C@H](OS(=O)(=O)[O-])[C@@H]1C(=O)N2C(C(=O)[O-])=C(SCCNC(=O)COc3ccccc3)C[C@H]12.[Na+].[Na+]. The number of β-lactam (4-membered cyclic amide) rings is 1. The van der Waals surface area contributed by atoms with Gasteiger partial charge in [-0.2, -0.15) is 0 Å². The fourth-order valence-corrected chi connectivity index (χ4v) is 5.21. The first-order valence-electron chi connectivity index (χ1n) is 9.57. The fourth-order valence-electron chi connectivity index (χ4n) is 3.66. The molecule has 1 aromatic carbocycles. The monoisotopic (exact) mass is 530 g/mol. The number of rotatable bonds is 11. The molecule has 0 radical (unpaired) electrons. The molecule has 0 spiro atoms. The van der Waals surface area contributed by atoms with Crippen LogP contribution < -0.4 is 74.3 Å². The third-order valence-corrected chi connectivity index (χ3v) is 6.61. The zero-order valence-electron chi connectivity index (χ0n) is 18.9. The van der Waals surface area contributed by atoms with E-state index >= 15 is 0 Å². The van der Waals surface area contributed by atoms with Crippen molar-refractivity contribution in [2.45, 2.75) is 25.5 Å². The molecule has 0 saturated carbocycles. The molecule has 11 nitrogen and oxygen atoms in total. The molecule has 0 aliphatic carbocycles. The van der Waals surface area contributed by atoms with Crippen molar-refractivity contribution in [1.82, 2.24) is 10.2 Å². The number of hydrogen-bond donors (Lipinski definition) is 1. The molecule has 0 aromatic heterocycles. The van der Waals surface area contributed by atoms with Crippen LogP contribution in [-0.2, 0) is 29.0 Å². The van der Waals surface area contributed by atoms with Gasteiger partial charge in [0.25, 0.3) is 5.91 Å². The number of nitrogens with one attached hydrogen (secondary N) is 1. The minimum atomic E-state index is -5.01. The molecule has 3 atom stereocenters. The van der Waals surface area contributed by atoms with Crippen LogP contribution in [0.2, 0.25) is 0 Å². The van der Waals surface area contributed by atoms with Crippen molar-refractivity contribution in [3.8, 4) is 5.75 Å². The Bertz CT molecular complexity index is 1040. The predicted octanol–water partition coefficient (Wildman–Crippen LogP) is -7.02. The second-order valence-corrected chi connectivity index (χ2v) is 9.27. The van der Waals surface area contributed by atoms with Gasteiger partial charge in [0.05, 0.1) is 29.7 Å². The van der Waals surface area contributed by atoms with E-state index in [1.54, 1.807) is 24.3 Å². The van der Waals surface area contributed by atoms with Crippen molar-refractivity contribution < 1.29 is 100 Å². The van der Waals surface area contributed by atoms with Crippen LogP contribution in [0, 0.1) is 5.92 Å². The number of carbonyl (C=O) groups is 3. The molecule has 2 aliphatic heterocycles. The van der Waals surface area contributed by atoms with E-state index in [-0.39, 0.29) is 90.3 Å². The quantitative estimate of drug-likeness (QED) is 0.0955. The molecule has 0 unspecified atom stereocenters. The number of hydrogen-bond acceptors (Lipinski definition) is 10. The van der Waals surface area contributed by atoms with Crippen LogP contribution in [0.1, 0.15) is 13.3 Å². The van der Waals surface area contributed by atoms with E-state index in [0.717, 1.165) is 16.7 Å². The molecule has 2 aliphatic rings. The minimum absolute atomic E-state index is 0. The summed E-state index contributed by atoms with van der Waals surface area (Å²) >= 11 is 1.14. The van der Waals surface area contributed by atoms with Crippen molar-refractivity contribution in [1.29, 1.82) is 0 Å². The van der Waals surface area contributed by atoms with E-state index in [1.807, 2.05) is 6.07 Å². The number of nitrogens with zero attached hydrogens (tertiary/aromatic N) is 1. The van der Waals surface area contributed by atoms with Gasteiger partial charge >= 0.3 is 59.1 Å². The third-order valence-electron chi connectivity index (χ3n) is 4.95. The van der Waals surface area contributed by atoms with Crippen molar-refractivity contribution in [2.75, 3.05) is 18.9 Å². The summed E-state index contributed by atoms with van der Waals surface area (Å²) in [7, 11) is -5.01. The maximum absolute atomic E-state index is 12.4. The minimum Gasteiger partial charge on any atom is -0.726 e. The first-order valence-corrected chi connectivity index (χ1v) is 11.9. The Kier molecular flexibility index (Phi) is 12.6. The van der Waals surface area contributed by atoms with Gasteiger partial charge in [0, 0.05) is 23.6 Å². The molecule has 1 fully saturated rings. The van der Waals surface area contributed by atoms with Gasteiger partial charge in [0.1, 0.15) is 5.75 Å². The van der Waals surface area contributed by atoms with Crippen LogP contribution >= 0.6 is 11.8 Å². The molecule has 3 rings (SSSR count). The van der Waals surface area contributed by atoms with Crippen molar-refractivity contribution in [3.05, 3.63) is 40.9 Å². The van der Waals surface area contributed by atoms with E-state index in [0.29, 0.717) is 16.4 Å². The topological polar surface area (TPSA) is 165 Å². The standard InChI is InChI=1S/C19H22N2O9S2.2Na/c1-11(30-32(26,27)28)16-13-9-14(17(19(24)25)21(13)18(16)23)31-8-7-20-15(22)10-29-12-5-3-2-4-6-12;;/h2-6,11,13,16H,7-10H2,1H3,(H,20,22)(H,24,25)(H,26,27,28);;/q;2*+1/p-2/t11-,13+,16-;;/m0../s1. The van der Waals surface area contributed by atoms with Gasteiger partial charge in [-0.15, -0.1) is 11.8 Å². The maximum atomic E-state index is 12.4. The predicted molar refractivity (Wildman–Crippen MR) is 108 cm³/mol. The summed E-state index contributed by atoms with van der Waals surface area (Å²) in [6.45, 7) is 1.32. The summed E-state index contributed by atoms with van der Waals surface area (Å²) in [6.07, 6.45) is -1.07. The summed E-state index contributed by atoms with van der Waals surface area (Å²) in [5.41, 5.74) is -0.280. The number of ether oxygens (including phenoxy) is 1. The smallest absolute Gasteiger partial charge is 0.726 e. The second kappa shape index (κ2) is 13.6. The summed E-state index contributed by atoms with van der Waals surface area (Å²) in [4.78, 5) is 37.2. The van der Waals surface area contributed by atoms with Crippen LogP contribution in [0.3, 0.4) is 0 Å². The Balaban J connectivity index is 0.00000289. The second-order valence-electron chi connectivity index (χ2n) is 7.07. The normalized spacial score (nSPS) is 19.8. The number of thioether (sulfide) groups is 1. The molecule has 1 N–H and O–H groups in total. The molecule has 2 heterocycles. The zero-order chi connectivity index (χ0) is 23.5. The van der Waals surface area contributed by atoms with Crippen LogP contribution in [0.5, 0.6) is 5.75 Å². The Morgan fingerprint density at radius 2 is 1.91 bits per heavy atom. The summed E-state index contributed by atoms with van der Waals surface area (Å²) < 4.78 is 42.1. The maximum Gasteiger partial charge on any atom is 1.00 e. The Hall–Kier alpha value is -0.610. The summed E-state index contributed by atoms with van der Waals surface area (Å²) in [6, 6.07) is 8.17. The van der Waals surface area contributed by atoms with Crippen LogP contribution in [0.15, 0.2) is 40.9 Å². The summed E-state index contributed by atoms with van der Waals surface area (Å²) in [5, 5.41) is 14.2. The van der Waals surface area contributed by atoms with Gasteiger partial charge in [-0.3, -0.25) is 13.8 Å². The van der Waals surface area contributed by atoms with Gasteiger partial charge in [-0.1, -0.05) is 18.2 Å². The van der Waals surface area contributed by atoms with Crippen LogP contribution in [-0.4, -0.2) is 66.7 Å². The van der Waals surface area contributed by atoms with Crippen molar-refractivity contribution >= 4 is 39.9 Å². The number of para-hydroxylation sites is 1. The number of carbonyl (C=O) groups excluding carboxylic acids is 3. The average molecular weight is 530 g/mol. The fraction of sp³-hybridized carbons (Fsp3) is 0.421. The van der Waals surface area contributed by atoms with Crippen molar-refractivity contribution in [3.63, 3.8) is 0 Å². The van der Waals surface area contributed by atoms with Crippen LogP contribution in [0.4, 0.5) is 0 Å². The van der Waals surface area contributed by atoms with Gasteiger partial charge in [-0.25, -0.2) is 8.42 Å². The molecule has 174 valence electrons. The molecular weight excluding hydrogens is 510 g/mol. The van der Waals surface area contributed by atoms with Crippen LogP contribution in [0.25, 0.3) is 0 Å². The summed E-state index contributed by atoms with van der Waals surface area (Å²) in [5.74, 6) is -2.61. The molecule has 15 heteroatoms. The number of benzene rings is 1. The Morgan fingerprint density at radius 1 is 1.26 bits per heavy atom. The largest absolute Gasteiger partial charge is 1.00 e.